The van der Waals surface area contributed by atoms with Gasteiger partial charge in [-0.15, -0.1) is 0 Å². The summed E-state index contributed by atoms with van der Waals surface area (Å²) < 4.78 is 5.17. The summed E-state index contributed by atoms with van der Waals surface area (Å²) in [4.78, 5) is 7.93. The maximum absolute atomic E-state index is 5.83. The Labute approximate surface area is 106 Å². The van der Waals surface area contributed by atoms with Crippen molar-refractivity contribution in [3.63, 3.8) is 0 Å². The molecular weight excluding hydrogens is 228 g/mol. The first-order valence-corrected chi connectivity index (χ1v) is 5.63. The second-order valence-corrected chi connectivity index (χ2v) is 4.02. The molecule has 2 rings (SSSR count). The molecule has 0 bridgehead atoms. The van der Waals surface area contributed by atoms with Crippen LogP contribution in [0.15, 0.2) is 30.5 Å². The average molecular weight is 244 g/mol. The van der Waals surface area contributed by atoms with Gasteiger partial charge in [-0.1, -0.05) is 24.3 Å². The van der Waals surface area contributed by atoms with Crippen molar-refractivity contribution < 1.29 is 4.74 Å². The van der Waals surface area contributed by atoms with Crippen LogP contribution in [0.3, 0.4) is 0 Å². The zero-order valence-corrected chi connectivity index (χ0v) is 10.3. The minimum atomic E-state index is 0.196. The van der Waals surface area contributed by atoms with E-state index < -0.39 is 0 Å². The van der Waals surface area contributed by atoms with Crippen LogP contribution in [0, 0.1) is 0 Å². The van der Waals surface area contributed by atoms with Crippen LogP contribution < -0.4 is 11.5 Å². The molecule has 1 aromatic carbocycles. The van der Waals surface area contributed by atoms with Crippen molar-refractivity contribution in [3.05, 3.63) is 47.2 Å². The molecule has 4 N–H and O–H groups in total. The maximum atomic E-state index is 5.83. The lowest BCUT2D eigenvalue weighted by atomic mass is 10.0. The summed E-state index contributed by atoms with van der Waals surface area (Å²) in [7, 11) is 1.68. The number of anilines is 2. The third-order valence-electron chi connectivity index (χ3n) is 2.72. The Morgan fingerprint density at radius 3 is 2.50 bits per heavy atom. The van der Waals surface area contributed by atoms with Gasteiger partial charge in [0.2, 0.25) is 5.95 Å². The Morgan fingerprint density at radius 2 is 1.83 bits per heavy atom. The number of hydrogen-bond acceptors (Lipinski definition) is 5. The van der Waals surface area contributed by atoms with Gasteiger partial charge >= 0.3 is 0 Å². The van der Waals surface area contributed by atoms with Crippen LogP contribution in [0.2, 0.25) is 0 Å². The molecule has 18 heavy (non-hydrogen) atoms. The average Bonchev–Trinajstić information content (AvgIpc) is 2.35. The Balaban J connectivity index is 2.28. The van der Waals surface area contributed by atoms with E-state index in [4.69, 9.17) is 16.2 Å². The first-order chi connectivity index (χ1) is 8.70. The molecular formula is C13H16N4O. The predicted molar refractivity (Wildman–Crippen MR) is 70.8 cm³/mol. The molecule has 5 nitrogen and oxygen atoms in total. The van der Waals surface area contributed by atoms with Crippen molar-refractivity contribution in [3.8, 4) is 0 Å². The number of nitrogen functional groups attached to an aromatic ring is 2. The summed E-state index contributed by atoms with van der Waals surface area (Å²) in [6, 6.07) is 8.06. The summed E-state index contributed by atoms with van der Waals surface area (Å²) in [5.74, 6) is 0.621. The van der Waals surface area contributed by atoms with E-state index in [-0.39, 0.29) is 5.95 Å². The van der Waals surface area contributed by atoms with E-state index in [2.05, 4.69) is 9.97 Å². The molecule has 5 heteroatoms. The fourth-order valence-electron chi connectivity index (χ4n) is 1.80. The molecule has 0 unspecified atom stereocenters. The first kappa shape index (κ1) is 12.3. The van der Waals surface area contributed by atoms with Gasteiger partial charge in [-0.2, -0.15) is 4.98 Å². The molecule has 0 amide bonds. The molecule has 0 aliphatic rings. The summed E-state index contributed by atoms with van der Waals surface area (Å²) >= 11 is 0. The second kappa shape index (κ2) is 5.46. The van der Waals surface area contributed by atoms with Gasteiger partial charge < -0.3 is 16.2 Å². The van der Waals surface area contributed by atoms with Crippen LogP contribution in [0.5, 0.6) is 0 Å². The van der Waals surface area contributed by atoms with Gasteiger partial charge in [-0.05, 0) is 11.1 Å². The molecule has 0 atom stereocenters. The Kier molecular flexibility index (Phi) is 3.74. The molecule has 0 fully saturated rings. The zero-order chi connectivity index (χ0) is 13.0. The van der Waals surface area contributed by atoms with Gasteiger partial charge in [0.25, 0.3) is 0 Å². The molecule has 1 heterocycles. The van der Waals surface area contributed by atoms with Gasteiger partial charge in [-0.25, -0.2) is 4.98 Å². The number of methoxy groups -OCH3 is 1. The lowest BCUT2D eigenvalue weighted by Gasteiger charge is -2.10. The Morgan fingerprint density at radius 1 is 1.11 bits per heavy atom. The lowest BCUT2D eigenvalue weighted by Crippen LogP contribution is -2.05. The predicted octanol–water partition coefficient (Wildman–Crippen LogP) is 1.38. The minimum absolute atomic E-state index is 0.196. The molecule has 2 aromatic rings. The minimum Gasteiger partial charge on any atom is -0.383 e. The lowest BCUT2D eigenvalue weighted by molar-refractivity contribution is 0.184. The smallest absolute Gasteiger partial charge is 0.221 e. The Bertz CT molecular complexity index is 542. The van der Waals surface area contributed by atoms with Gasteiger partial charge in [0.05, 0.1) is 6.61 Å². The summed E-state index contributed by atoms with van der Waals surface area (Å²) in [6.45, 7) is 0.575. The number of ether oxygens (including phenoxy) is 1. The highest BCUT2D eigenvalue weighted by atomic mass is 16.5. The topological polar surface area (TPSA) is 87.0 Å². The highest BCUT2D eigenvalue weighted by Crippen LogP contribution is 2.18. The number of aromatic nitrogens is 2. The standard InChI is InChI=1S/C13H16N4O/c1-18-8-10-5-3-2-4-9(10)6-11-7-16-13(15)17-12(11)14/h2-5,7H,6,8H2,1H3,(H4,14,15,16,17). The fraction of sp³-hybridized carbons (Fsp3) is 0.231. The number of nitrogens with two attached hydrogens (primary N) is 2. The van der Waals surface area contributed by atoms with Gasteiger partial charge in [0.1, 0.15) is 5.82 Å². The molecule has 94 valence electrons. The van der Waals surface area contributed by atoms with Crippen LogP contribution in [0.25, 0.3) is 0 Å². The number of benzene rings is 1. The molecule has 0 aliphatic carbocycles. The van der Waals surface area contributed by atoms with E-state index in [0.29, 0.717) is 18.8 Å². The van der Waals surface area contributed by atoms with Crippen molar-refractivity contribution in [1.29, 1.82) is 0 Å². The third-order valence-corrected chi connectivity index (χ3v) is 2.72. The van der Waals surface area contributed by atoms with Crippen LogP contribution in [-0.4, -0.2) is 17.1 Å². The summed E-state index contributed by atoms with van der Waals surface area (Å²) in [5, 5.41) is 0. The van der Waals surface area contributed by atoms with Gasteiger partial charge in [-0.3, -0.25) is 0 Å². The largest absolute Gasteiger partial charge is 0.383 e. The monoisotopic (exact) mass is 244 g/mol. The van der Waals surface area contributed by atoms with Crippen molar-refractivity contribution in [1.82, 2.24) is 9.97 Å². The van der Waals surface area contributed by atoms with Gasteiger partial charge in [0.15, 0.2) is 0 Å². The molecule has 1 aromatic heterocycles. The molecule has 0 saturated heterocycles. The first-order valence-electron chi connectivity index (χ1n) is 5.63. The summed E-state index contributed by atoms with van der Waals surface area (Å²) in [5.41, 5.74) is 14.5. The van der Waals surface area contributed by atoms with Gasteiger partial charge in [0, 0.05) is 25.3 Å². The van der Waals surface area contributed by atoms with E-state index in [1.54, 1.807) is 13.3 Å². The molecule has 0 radical (unpaired) electrons. The van der Waals surface area contributed by atoms with Crippen molar-refractivity contribution in [2.24, 2.45) is 0 Å². The second-order valence-electron chi connectivity index (χ2n) is 4.02. The normalized spacial score (nSPS) is 10.5. The maximum Gasteiger partial charge on any atom is 0.221 e. The van der Waals surface area contributed by atoms with E-state index >= 15 is 0 Å². The van der Waals surface area contributed by atoms with E-state index in [1.807, 2.05) is 24.3 Å². The molecule has 0 aliphatic heterocycles. The SMILES string of the molecule is COCc1ccccc1Cc1cnc(N)nc1N. The zero-order valence-electron chi connectivity index (χ0n) is 10.3. The highest BCUT2D eigenvalue weighted by Gasteiger charge is 2.07. The summed E-state index contributed by atoms with van der Waals surface area (Å²) in [6.07, 6.45) is 2.34. The van der Waals surface area contributed by atoms with Crippen molar-refractivity contribution in [2.45, 2.75) is 13.0 Å². The molecule has 0 spiro atoms. The van der Waals surface area contributed by atoms with Crippen LogP contribution in [0.4, 0.5) is 11.8 Å². The number of rotatable bonds is 4. The van der Waals surface area contributed by atoms with E-state index in [1.165, 1.54) is 0 Å². The number of nitrogens with zero attached hydrogens (tertiary/aromatic N) is 2. The van der Waals surface area contributed by atoms with Crippen LogP contribution in [-0.2, 0) is 17.8 Å². The van der Waals surface area contributed by atoms with Crippen LogP contribution in [0.1, 0.15) is 16.7 Å². The van der Waals surface area contributed by atoms with E-state index in [0.717, 1.165) is 16.7 Å². The van der Waals surface area contributed by atoms with E-state index in [9.17, 15) is 0 Å². The van der Waals surface area contributed by atoms with Crippen LogP contribution >= 0.6 is 0 Å². The third kappa shape index (κ3) is 2.75. The fourth-order valence-corrected chi connectivity index (χ4v) is 1.80. The van der Waals surface area contributed by atoms with Crippen molar-refractivity contribution >= 4 is 11.8 Å². The van der Waals surface area contributed by atoms with Crippen molar-refractivity contribution in [2.75, 3.05) is 18.6 Å². The highest BCUT2D eigenvalue weighted by molar-refractivity contribution is 5.45. The number of hydrogen-bond donors (Lipinski definition) is 2. The molecule has 0 saturated carbocycles. The quantitative estimate of drug-likeness (QED) is 0.848. The Hall–Kier alpha value is -2.14.